The Balaban J connectivity index is 0.000000861. The van der Waals surface area contributed by atoms with Crippen LogP contribution >= 0.6 is 0 Å². The van der Waals surface area contributed by atoms with Crippen LogP contribution in [0.5, 0.6) is 0 Å². The smallest absolute Gasteiger partial charge is 0.0512 e. The molecule has 1 aromatic carbocycles. The molecule has 0 aliphatic rings. The molecule has 1 aromatic rings. The van der Waals surface area contributed by atoms with Crippen LogP contribution in [0, 0.1) is 6.92 Å². The molecule has 0 fully saturated rings. The van der Waals surface area contributed by atoms with Crippen LogP contribution in [-0.4, -0.2) is 22.2 Å². The van der Waals surface area contributed by atoms with E-state index in [0.29, 0.717) is 11.8 Å². The monoisotopic (exact) mass is 393 g/mol. The van der Waals surface area contributed by atoms with Crippen molar-refractivity contribution in [2.75, 3.05) is 6.54 Å². The fourth-order valence-electron chi connectivity index (χ4n) is 3.34. The number of unbranched alkanes of at least 4 members (excludes halogenated alkanes) is 15. The molecule has 0 aromatic heterocycles. The van der Waals surface area contributed by atoms with Gasteiger partial charge in [0.15, 0.2) is 0 Å². The van der Waals surface area contributed by atoms with Gasteiger partial charge in [-0.05, 0) is 13.3 Å². The maximum Gasteiger partial charge on any atom is 0.0512 e. The highest BCUT2D eigenvalue weighted by Crippen LogP contribution is 2.13. The summed E-state index contributed by atoms with van der Waals surface area (Å²) in [5.41, 5.74) is 1.32. The lowest BCUT2D eigenvalue weighted by Gasteiger charge is -2.05. The van der Waals surface area contributed by atoms with E-state index in [9.17, 15) is 0 Å². The van der Waals surface area contributed by atoms with E-state index in [4.69, 9.17) is 10.4 Å². The summed E-state index contributed by atoms with van der Waals surface area (Å²) in [6, 6.07) is 10.3. The van der Waals surface area contributed by atoms with Crippen molar-refractivity contribution in [1.29, 1.82) is 0 Å². The average Bonchev–Trinajstić information content (AvgIpc) is 2.68. The van der Waals surface area contributed by atoms with Crippen LogP contribution in [0.15, 0.2) is 30.3 Å². The molecule has 2 N–H and O–H groups in total. The lowest BCUT2D eigenvalue weighted by atomic mass is 10.0. The highest BCUT2D eigenvalue weighted by molar-refractivity contribution is 5.11. The largest absolute Gasteiger partial charge is 0.290 e. The third-order valence-electron chi connectivity index (χ3n) is 5.15. The Kier molecular flexibility index (Phi) is 21.7. The Labute approximate surface area is 175 Å². The first-order valence-corrected chi connectivity index (χ1v) is 11.8. The molecule has 28 heavy (non-hydrogen) atoms. The van der Waals surface area contributed by atoms with Crippen molar-refractivity contribution < 1.29 is 10.4 Å². The Bertz CT molecular complexity index is 395. The van der Waals surface area contributed by atoms with Gasteiger partial charge in [0.2, 0.25) is 0 Å². The second-order valence-electron chi connectivity index (χ2n) is 8.05. The molecule has 0 aliphatic heterocycles. The van der Waals surface area contributed by atoms with Crippen LogP contribution in [0.4, 0.5) is 0 Å². The van der Waals surface area contributed by atoms with E-state index in [1.165, 1.54) is 95.5 Å². The zero-order chi connectivity index (χ0) is 20.7. The molecule has 0 amide bonds. The molecule has 0 radical (unpaired) electrons. The van der Waals surface area contributed by atoms with E-state index in [1.54, 1.807) is 0 Å². The SMILES string of the molecule is CCCCCCCCCCCCCCCCCCN(O)O.Cc1ccccc1. The summed E-state index contributed by atoms with van der Waals surface area (Å²) in [7, 11) is 0. The minimum atomic E-state index is 0.295. The van der Waals surface area contributed by atoms with Gasteiger partial charge in [-0.25, -0.2) is 0 Å². The summed E-state index contributed by atoms with van der Waals surface area (Å²) < 4.78 is 0. The molecule has 0 atom stereocenters. The lowest BCUT2D eigenvalue weighted by Crippen LogP contribution is -2.14. The van der Waals surface area contributed by atoms with Crippen molar-refractivity contribution in [3.63, 3.8) is 0 Å². The summed E-state index contributed by atoms with van der Waals surface area (Å²) in [6.45, 7) is 4.73. The van der Waals surface area contributed by atoms with E-state index in [1.807, 2.05) is 18.2 Å². The number of hydrogen-bond acceptors (Lipinski definition) is 3. The second kappa shape index (κ2) is 22.4. The Morgan fingerprint density at radius 1 is 0.571 bits per heavy atom. The van der Waals surface area contributed by atoms with Gasteiger partial charge >= 0.3 is 0 Å². The third-order valence-corrected chi connectivity index (χ3v) is 5.15. The molecule has 164 valence electrons. The molecule has 0 spiro atoms. The van der Waals surface area contributed by atoms with Gasteiger partial charge in [-0.15, -0.1) is 0 Å². The van der Waals surface area contributed by atoms with Gasteiger partial charge in [-0.2, -0.15) is 0 Å². The van der Waals surface area contributed by atoms with E-state index in [0.717, 1.165) is 12.8 Å². The van der Waals surface area contributed by atoms with Crippen LogP contribution in [-0.2, 0) is 0 Å². The fourth-order valence-corrected chi connectivity index (χ4v) is 3.34. The Morgan fingerprint density at radius 3 is 1.21 bits per heavy atom. The summed E-state index contributed by atoms with van der Waals surface area (Å²) in [4.78, 5) is 0. The van der Waals surface area contributed by atoms with E-state index in [-0.39, 0.29) is 0 Å². The summed E-state index contributed by atoms with van der Waals surface area (Å²) in [5.74, 6) is 0. The molecular weight excluding hydrogens is 346 g/mol. The van der Waals surface area contributed by atoms with Crippen molar-refractivity contribution in [2.24, 2.45) is 0 Å². The molecule has 0 aliphatic carbocycles. The number of nitrogens with zero attached hydrogens (tertiary/aromatic N) is 1. The van der Waals surface area contributed by atoms with Gasteiger partial charge < -0.3 is 0 Å². The minimum Gasteiger partial charge on any atom is -0.290 e. The summed E-state index contributed by atoms with van der Waals surface area (Å²) >= 11 is 0. The lowest BCUT2D eigenvalue weighted by molar-refractivity contribution is -0.306. The maximum absolute atomic E-state index is 8.56. The number of aryl methyl sites for hydroxylation is 1. The van der Waals surface area contributed by atoms with Crippen molar-refractivity contribution in [3.05, 3.63) is 35.9 Å². The maximum atomic E-state index is 8.56. The van der Waals surface area contributed by atoms with Gasteiger partial charge in [-0.3, -0.25) is 10.4 Å². The molecule has 0 bridgehead atoms. The molecule has 0 heterocycles. The van der Waals surface area contributed by atoms with Gasteiger partial charge in [0.25, 0.3) is 0 Å². The minimum absolute atomic E-state index is 0.295. The first-order valence-electron chi connectivity index (χ1n) is 11.8. The predicted octanol–water partition coefficient (Wildman–Crippen LogP) is 8.32. The van der Waals surface area contributed by atoms with Crippen LogP contribution in [0.1, 0.15) is 115 Å². The van der Waals surface area contributed by atoms with Crippen LogP contribution in [0.25, 0.3) is 0 Å². The predicted molar refractivity (Wildman–Crippen MR) is 121 cm³/mol. The zero-order valence-corrected chi connectivity index (χ0v) is 18.7. The van der Waals surface area contributed by atoms with Gasteiger partial charge in [0.05, 0.1) is 6.54 Å². The number of benzene rings is 1. The molecule has 0 saturated heterocycles. The first-order chi connectivity index (χ1) is 13.7. The molecule has 3 nitrogen and oxygen atoms in total. The first kappa shape index (κ1) is 27.1. The molecule has 1 rings (SSSR count). The van der Waals surface area contributed by atoms with Crippen LogP contribution < -0.4 is 0 Å². The highest BCUT2D eigenvalue weighted by Gasteiger charge is 1.96. The quantitative estimate of drug-likeness (QED) is 0.206. The Hall–Kier alpha value is -0.900. The van der Waals surface area contributed by atoms with E-state index < -0.39 is 0 Å². The summed E-state index contributed by atoms with van der Waals surface area (Å²) in [5, 5.41) is 17.4. The van der Waals surface area contributed by atoms with Gasteiger partial charge in [0.1, 0.15) is 0 Å². The van der Waals surface area contributed by atoms with Crippen molar-refractivity contribution >= 4 is 0 Å². The van der Waals surface area contributed by atoms with Gasteiger partial charge in [-0.1, -0.05) is 144 Å². The molecular formula is C25H47NO2. The molecule has 0 saturated carbocycles. The molecule has 0 unspecified atom stereocenters. The van der Waals surface area contributed by atoms with E-state index in [2.05, 4.69) is 26.0 Å². The number of hydrogen-bond donors (Lipinski definition) is 2. The standard InChI is InChI=1S/C18H39NO2.C7H8/c1-2-3-4-5-6-7-8-9-10-11-12-13-14-15-16-17-18-19(20)21;1-7-5-3-2-4-6-7/h20-21H,2-18H2,1H3;2-6H,1H3. The normalized spacial score (nSPS) is 10.8. The number of hydroxylamine groups is 2. The second-order valence-corrected chi connectivity index (χ2v) is 8.05. The highest BCUT2D eigenvalue weighted by atomic mass is 16.8. The van der Waals surface area contributed by atoms with Crippen molar-refractivity contribution in [2.45, 2.75) is 117 Å². The topological polar surface area (TPSA) is 43.7 Å². The zero-order valence-electron chi connectivity index (χ0n) is 18.7. The average molecular weight is 394 g/mol. The van der Waals surface area contributed by atoms with Crippen LogP contribution in [0.3, 0.4) is 0 Å². The van der Waals surface area contributed by atoms with Gasteiger partial charge in [0, 0.05) is 0 Å². The molecule has 3 heteroatoms. The number of rotatable bonds is 17. The van der Waals surface area contributed by atoms with Crippen LogP contribution in [0.2, 0.25) is 0 Å². The fraction of sp³-hybridized carbons (Fsp3) is 0.760. The van der Waals surface area contributed by atoms with Crippen molar-refractivity contribution in [3.8, 4) is 0 Å². The van der Waals surface area contributed by atoms with E-state index >= 15 is 0 Å². The van der Waals surface area contributed by atoms with Crippen molar-refractivity contribution in [1.82, 2.24) is 5.23 Å². The summed E-state index contributed by atoms with van der Waals surface area (Å²) in [6.07, 6.45) is 21.4. The Morgan fingerprint density at radius 2 is 0.929 bits per heavy atom. The third kappa shape index (κ3) is 23.1.